The number of hydrogen-bond donors (Lipinski definition) is 1. The lowest BCUT2D eigenvalue weighted by Crippen LogP contribution is -2.14. The Morgan fingerprint density at radius 3 is 2.45 bits per heavy atom. The van der Waals surface area contributed by atoms with Crippen molar-refractivity contribution in [2.24, 2.45) is 0 Å². The highest BCUT2D eigenvalue weighted by Crippen LogP contribution is 2.25. The molecule has 1 amide bonds. The fourth-order valence-corrected chi connectivity index (χ4v) is 2.32. The molecule has 0 radical (unpaired) electrons. The predicted molar refractivity (Wildman–Crippen MR) is 80.9 cm³/mol. The molecule has 2 aromatic rings. The summed E-state index contributed by atoms with van der Waals surface area (Å²) in [6, 6.07) is 6.90. The lowest BCUT2D eigenvalue weighted by molar-refractivity contribution is 0.102. The van der Waals surface area contributed by atoms with E-state index in [1.54, 1.807) is 13.0 Å². The van der Waals surface area contributed by atoms with E-state index in [0.717, 1.165) is 0 Å². The highest BCUT2D eigenvalue weighted by atomic mass is 79.9. The molecule has 0 heterocycles. The molecule has 20 heavy (non-hydrogen) atoms. The van der Waals surface area contributed by atoms with Gasteiger partial charge in [0.05, 0.1) is 10.0 Å². The van der Waals surface area contributed by atoms with Gasteiger partial charge in [-0.1, -0.05) is 15.9 Å². The summed E-state index contributed by atoms with van der Waals surface area (Å²) in [7, 11) is 0. The van der Waals surface area contributed by atoms with Crippen LogP contribution >= 0.6 is 31.9 Å². The molecule has 2 nitrogen and oxygen atoms in total. The maximum Gasteiger partial charge on any atom is 0.258 e. The molecule has 6 heteroatoms. The number of benzene rings is 2. The van der Waals surface area contributed by atoms with Gasteiger partial charge >= 0.3 is 0 Å². The third-order valence-electron chi connectivity index (χ3n) is 2.69. The Morgan fingerprint density at radius 2 is 1.80 bits per heavy atom. The van der Waals surface area contributed by atoms with Crippen LogP contribution in [0, 0.1) is 18.6 Å². The van der Waals surface area contributed by atoms with Gasteiger partial charge in [0, 0.05) is 10.2 Å². The second-order valence-electron chi connectivity index (χ2n) is 4.16. The Bertz CT molecular complexity index is 689. The van der Waals surface area contributed by atoms with Gasteiger partial charge in [0.25, 0.3) is 5.91 Å². The highest BCUT2D eigenvalue weighted by molar-refractivity contribution is 9.10. The molecule has 0 aliphatic carbocycles. The number of aryl methyl sites for hydroxylation is 1. The zero-order valence-electron chi connectivity index (χ0n) is 10.3. The monoisotopic (exact) mass is 403 g/mol. The summed E-state index contributed by atoms with van der Waals surface area (Å²) in [5, 5.41) is 2.56. The fourth-order valence-electron chi connectivity index (χ4n) is 1.64. The quantitative estimate of drug-likeness (QED) is 0.745. The highest BCUT2D eigenvalue weighted by Gasteiger charge is 2.14. The molecule has 0 saturated heterocycles. The molecule has 0 atom stereocenters. The summed E-state index contributed by atoms with van der Waals surface area (Å²) >= 11 is 6.17. The van der Waals surface area contributed by atoms with Crippen molar-refractivity contribution >= 4 is 43.5 Å². The van der Waals surface area contributed by atoms with E-state index in [-0.39, 0.29) is 10.0 Å². The maximum absolute atomic E-state index is 13.7. The van der Waals surface area contributed by atoms with Gasteiger partial charge in [-0.05, 0) is 58.7 Å². The molecule has 0 aromatic heterocycles. The molecule has 2 rings (SSSR count). The second kappa shape index (κ2) is 6.01. The number of hydrogen-bond acceptors (Lipinski definition) is 1. The lowest BCUT2D eigenvalue weighted by Gasteiger charge is -2.10. The van der Waals surface area contributed by atoms with Crippen LogP contribution in [0.4, 0.5) is 14.5 Å². The van der Waals surface area contributed by atoms with Gasteiger partial charge in [0.15, 0.2) is 0 Å². The van der Waals surface area contributed by atoms with Gasteiger partial charge in [-0.15, -0.1) is 0 Å². The van der Waals surface area contributed by atoms with Crippen LogP contribution in [0.15, 0.2) is 39.3 Å². The van der Waals surface area contributed by atoms with Crippen molar-refractivity contribution in [2.45, 2.75) is 6.92 Å². The van der Waals surface area contributed by atoms with Crippen LogP contribution in [0.1, 0.15) is 15.9 Å². The average molecular weight is 405 g/mol. The van der Waals surface area contributed by atoms with E-state index in [9.17, 15) is 13.6 Å². The zero-order valence-corrected chi connectivity index (χ0v) is 13.5. The maximum atomic E-state index is 13.7. The topological polar surface area (TPSA) is 29.1 Å². The van der Waals surface area contributed by atoms with Crippen LogP contribution < -0.4 is 5.32 Å². The number of halogens is 4. The third kappa shape index (κ3) is 3.24. The molecule has 0 spiro atoms. The van der Waals surface area contributed by atoms with Gasteiger partial charge in [-0.25, -0.2) is 8.78 Å². The first-order chi connectivity index (χ1) is 9.38. The van der Waals surface area contributed by atoms with Crippen molar-refractivity contribution in [3.63, 3.8) is 0 Å². The Balaban J connectivity index is 2.30. The van der Waals surface area contributed by atoms with Gasteiger partial charge in [-0.3, -0.25) is 4.79 Å². The van der Waals surface area contributed by atoms with Crippen molar-refractivity contribution in [3.8, 4) is 0 Å². The van der Waals surface area contributed by atoms with Crippen LogP contribution in [0.3, 0.4) is 0 Å². The fraction of sp³-hybridized carbons (Fsp3) is 0.0714. The Kier molecular flexibility index (Phi) is 4.55. The first-order valence-electron chi connectivity index (χ1n) is 5.60. The van der Waals surface area contributed by atoms with E-state index in [1.165, 1.54) is 24.3 Å². The van der Waals surface area contributed by atoms with Crippen LogP contribution in [0.2, 0.25) is 0 Å². The SMILES string of the molecule is Cc1cc(F)c(Br)cc1NC(=O)c1ccc(Br)cc1F. The molecule has 1 N–H and O–H groups in total. The molecule has 0 fully saturated rings. The predicted octanol–water partition coefficient (Wildman–Crippen LogP) is 5.05. The minimum absolute atomic E-state index is 0.0759. The average Bonchev–Trinajstić information content (AvgIpc) is 2.35. The van der Waals surface area contributed by atoms with Crippen molar-refractivity contribution in [1.82, 2.24) is 0 Å². The molecular formula is C14H9Br2F2NO. The van der Waals surface area contributed by atoms with E-state index in [0.29, 0.717) is 15.7 Å². The van der Waals surface area contributed by atoms with E-state index in [1.807, 2.05) is 0 Å². The van der Waals surface area contributed by atoms with Crippen LogP contribution in [-0.4, -0.2) is 5.91 Å². The number of carbonyl (C=O) groups is 1. The van der Waals surface area contributed by atoms with Gasteiger partial charge in [0.1, 0.15) is 11.6 Å². The van der Waals surface area contributed by atoms with Crippen molar-refractivity contribution < 1.29 is 13.6 Å². The molecule has 0 aliphatic heterocycles. The number of amides is 1. The van der Waals surface area contributed by atoms with Gasteiger partial charge in [-0.2, -0.15) is 0 Å². The van der Waals surface area contributed by atoms with Crippen molar-refractivity contribution in [2.75, 3.05) is 5.32 Å². The number of rotatable bonds is 2. The molecule has 0 unspecified atom stereocenters. The number of anilines is 1. The van der Waals surface area contributed by atoms with Crippen LogP contribution in [-0.2, 0) is 0 Å². The molecule has 2 aromatic carbocycles. The Labute approximate surface area is 131 Å². The molecule has 0 aliphatic rings. The Hall–Kier alpha value is -1.27. The summed E-state index contributed by atoms with van der Waals surface area (Å²) in [4.78, 5) is 12.0. The van der Waals surface area contributed by atoms with Crippen molar-refractivity contribution in [3.05, 3.63) is 62.0 Å². The summed E-state index contributed by atoms with van der Waals surface area (Å²) in [5.74, 6) is -1.64. The van der Waals surface area contributed by atoms with Crippen molar-refractivity contribution in [1.29, 1.82) is 0 Å². The molecular weight excluding hydrogens is 396 g/mol. The molecule has 0 bridgehead atoms. The number of nitrogens with one attached hydrogen (secondary N) is 1. The first kappa shape index (κ1) is 15.1. The zero-order chi connectivity index (χ0) is 14.9. The minimum atomic E-state index is -0.629. The van der Waals surface area contributed by atoms with Gasteiger partial charge in [0.2, 0.25) is 0 Å². The summed E-state index contributed by atoms with van der Waals surface area (Å²) < 4.78 is 27.8. The second-order valence-corrected chi connectivity index (χ2v) is 5.93. The van der Waals surface area contributed by atoms with Crippen LogP contribution in [0.5, 0.6) is 0 Å². The molecule has 0 saturated carbocycles. The Morgan fingerprint density at radius 1 is 1.10 bits per heavy atom. The van der Waals surface area contributed by atoms with Crippen LogP contribution in [0.25, 0.3) is 0 Å². The lowest BCUT2D eigenvalue weighted by atomic mass is 10.1. The third-order valence-corrected chi connectivity index (χ3v) is 3.79. The largest absolute Gasteiger partial charge is 0.322 e. The smallest absolute Gasteiger partial charge is 0.258 e. The summed E-state index contributed by atoms with van der Waals surface area (Å²) in [5.41, 5.74) is 0.898. The van der Waals surface area contributed by atoms with E-state index in [2.05, 4.69) is 37.2 Å². The summed E-state index contributed by atoms with van der Waals surface area (Å²) in [6.07, 6.45) is 0. The minimum Gasteiger partial charge on any atom is -0.322 e. The standard InChI is InChI=1S/C14H9Br2F2NO/c1-7-4-12(18)10(16)6-13(7)19-14(20)9-3-2-8(15)5-11(9)17/h2-6H,1H3,(H,19,20). The van der Waals surface area contributed by atoms with E-state index < -0.39 is 17.5 Å². The molecule has 104 valence electrons. The number of carbonyl (C=O) groups excluding carboxylic acids is 1. The summed E-state index contributed by atoms with van der Waals surface area (Å²) in [6.45, 7) is 1.66. The van der Waals surface area contributed by atoms with E-state index >= 15 is 0 Å². The normalized spacial score (nSPS) is 10.4. The van der Waals surface area contributed by atoms with Gasteiger partial charge < -0.3 is 5.32 Å². The van der Waals surface area contributed by atoms with E-state index in [4.69, 9.17) is 0 Å². The first-order valence-corrected chi connectivity index (χ1v) is 7.19.